The molecule has 292 valence electrons. The first-order valence-corrected chi connectivity index (χ1v) is 19.0. The molecule has 4 heterocycles. The molecule has 0 aliphatic carbocycles. The van der Waals surface area contributed by atoms with Gasteiger partial charge in [-0.2, -0.15) is 0 Å². The number of likely N-dealkylation sites (tertiary alicyclic amines) is 2. The van der Waals surface area contributed by atoms with E-state index in [1.807, 2.05) is 87.3 Å². The zero-order valence-electron chi connectivity index (χ0n) is 32.3. The van der Waals surface area contributed by atoms with Gasteiger partial charge < -0.3 is 39.6 Å². The fourth-order valence-electron chi connectivity index (χ4n) is 7.53. The van der Waals surface area contributed by atoms with Gasteiger partial charge >= 0.3 is 12.2 Å². The van der Waals surface area contributed by atoms with Crippen LogP contribution in [0.25, 0.3) is 16.8 Å². The van der Waals surface area contributed by atoms with E-state index in [0.717, 1.165) is 53.8 Å². The van der Waals surface area contributed by atoms with Gasteiger partial charge in [-0.25, -0.2) is 14.6 Å². The highest BCUT2D eigenvalue weighted by Gasteiger charge is 2.39. The first kappa shape index (κ1) is 39.0. The number of methoxy groups -OCH3 is 2. The van der Waals surface area contributed by atoms with Gasteiger partial charge in [0.25, 0.3) is 0 Å². The minimum atomic E-state index is -0.696. The average molecular weight is 754 g/mol. The van der Waals surface area contributed by atoms with Gasteiger partial charge in [0.15, 0.2) is 0 Å². The molecule has 3 aliphatic heterocycles. The molecular weight excluding hydrogens is 702 g/mol. The van der Waals surface area contributed by atoms with Crippen LogP contribution >= 0.6 is 0 Å². The van der Waals surface area contributed by atoms with Crippen molar-refractivity contribution in [1.29, 1.82) is 0 Å². The molecule has 2 aromatic carbocycles. The monoisotopic (exact) mass is 753 g/mol. The lowest BCUT2D eigenvalue weighted by atomic mass is 9.97. The van der Waals surface area contributed by atoms with Crippen molar-refractivity contribution in [2.75, 3.05) is 27.3 Å². The number of hydrogen-bond donors (Lipinski definition) is 3. The molecule has 3 aliphatic rings. The lowest BCUT2D eigenvalue weighted by Gasteiger charge is -2.31. The Morgan fingerprint density at radius 2 is 1.38 bits per heavy atom. The number of aliphatic imine (C=N–C) groups is 1. The summed E-state index contributed by atoms with van der Waals surface area (Å²) in [5, 5.41) is 5.39. The summed E-state index contributed by atoms with van der Waals surface area (Å²) in [7, 11) is 2.58. The number of ether oxygens (including phenoxy) is 3. The minimum absolute atomic E-state index is 0.0983. The quantitative estimate of drug-likeness (QED) is 0.189. The van der Waals surface area contributed by atoms with Crippen LogP contribution in [0.5, 0.6) is 11.5 Å². The highest BCUT2D eigenvalue weighted by Crippen LogP contribution is 2.35. The zero-order chi connectivity index (χ0) is 39.2. The lowest BCUT2D eigenvalue weighted by Crippen LogP contribution is -2.53. The van der Waals surface area contributed by atoms with Crippen LogP contribution in [0.4, 0.5) is 9.59 Å². The summed E-state index contributed by atoms with van der Waals surface area (Å²) in [4.78, 5) is 67.5. The molecule has 4 atom stereocenters. The highest BCUT2D eigenvalue weighted by molar-refractivity contribution is 6.03. The fraction of sp³-hybridized carbons (Fsp3) is 0.463. The van der Waals surface area contributed by atoms with Crippen molar-refractivity contribution in [3.8, 4) is 22.8 Å². The Morgan fingerprint density at radius 3 is 1.98 bits per heavy atom. The average Bonchev–Trinajstić information content (AvgIpc) is 4.02. The summed E-state index contributed by atoms with van der Waals surface area (Å²) in [6, 6.07) is 13.9. The minimum Gasteiger partial charge on any atom is -0.457 e. The molecule has 1 aromatic heterocycles. The number of allylic oxidation sites excluding steroid dienone is 1. The third kappa shape index (κ3) is 8.84. The summed E-state index contributed by atoms with van der Waals surface area (Å²) in [5.41, 5.74) is 4.71. The van der Waals surface area contributed by atoms with E-state index in [9.17, 15) is 19.2 Å². The number of nitrogens with zero attached hydrogens (tertiary/aromatic N) is 4. The first-order valence-electron chi connectivity index (χ1n) is 19.0. The Balaban J connectivity index is 1.07. The predicted molar refractivity (Wildman–Crippen MR) is 207 cm³/mol. The van der Waals surface area contributed by atoms with E-state index in [-0.39, 0.29) is 35.7 Å². The molecule has 0 spiro atoms. The molecular formula is C41H51N7O7. The number of hydrogen-bond acceptors (Lipinski definition) is 9. The van der Waals surface area contributed by atoms with Crippen LogP contribution in [0.2, 0.25) is 0 Å². The molecule has 2 saturated heterocycles. The number of alkyl carbamates (subject to hydrolysis) is 2. The van der Waals surface area contributed by atoms with Crippen LogP contribution in [0, 0.1) is 11.8 Å². The smallest absolute Gasteiger partial charge is 0.407 e. The van der Waals surface area contributed by atoms with Gasteiger partial charge in [-0.05, 0) is 90.6 Å². The second-order valence-electron chi connectivity index (χ2n) is 14.9. The number of aromatic amines is 1. The van der Waals surface area contributed by atoms with Gasteiger partial charge in [0.1, 0.15) is 29.4 Å². The number of benzene rings is 2. The van der Waals surface area contributed by atoms with Crippen LogP contribution in [-0.4, -0.2) is 94.9 Å². The maximum absolute atomic E-state index is 13.6. The molecule has 3 aromatic rings. The molecule has 3 N–H and O–H groups in total. The Hall–Kier alpha value is -5.66. The SMILES string of the molecule is COC(=O)N[C@H](C(=O)N1CCCC1C1=NC=C(c2cccc(Oc3ccc(-c4cnc([C@@H]5CCCN5C(=O)[C@@H](NC(=O)OC)C(C)C)[nH]4)cc3)c2)C1)C(C)C. The van der Waals surface area contributed by atoms with Gasteiger partial charge in [-0.15, -0.1) is 0 Å². The van der Waals surface area contributed by atoms with E-state index in [2.05, 4.69) is 20.6 Å². The van der Waals surface area contributed by atoms with Crippen LogP contribution in [0.3, 0.4) is 0 Å². The van der Waals surface area contributed by atoms with Crippen LogP contribution < -0.4 is 15.4 Å². The number of imidazole rings is 1. The Kier molecular flexibility index (Phi) is 12.2. The number of carbonyl (C=O) groups excluding carboxylic acids is 4. The number of H-pyrrole nitrogens is 1. The number of nitrogens with one attached hydrogen (secondary N) is 3. The Labute approximate surface area is 321 Å². The second kappa shape index (κ2) is 17.2. The maximum Gasteiger partial charge on any atom is 0.407 e. The second-order valence-corrected chi connectivity index (χ2v) is 14.9. The lowest BCUT2D eigenvalue weighted by molar-refractivity contribution is -0.135. The third-order valence-electron chi connectivity index (χ3n) is 10.5. The van der Waals surface area contributed by atoms with E-state index in [1.165, 1.54) is 14.2 Å². The molecule has 1 unspecified atom stereocenters. The molecule has 0 saturated carbocycles. The van der Waals surface area contributed by atoms with Crippen molar-refractivity contribution >= 4 is 35.3 Å². The first-order chi connectivity index (χ1) is 26.5. The Morgan fingerprint density at radius 1 is 0.782 bits per heavy atom. The summed E-state index contributed by atoms with van der Waals surface area (Å²) in [6.45, 7) is 8.80. The maximum atomic E-state index is 13.6. The van der Waals surface area contributed by atoms with Crippen molar-refractivity contribution in [3.05, 3.63) is 72.3 Å². The summed E-state index contributed by atoms with van der Waals surface area (Å²) >= 11 is 0. The van der Waals surface area contributed by atoms with E-state index in [0.29, 0.717) is 36.8 Å². The van der Waals surface area contributed by atoms with Crippen molar-refractivity contribution in [3.63, 3.8) is 0 Å². The van der Waals surface area contributed by atoms with Crippen molar-refractivity contribution in [2.24, 2.45) is 16.8 Å². The zero-order valence-corrected chi connectivity index (χ0v) is 32.3. The van der Waals surface area contributed by atoms with Gasteiger partial charge in [0, 0.05) is 31.4 Å². The molecule has 4 amide bonds. The molecule has 0 radical (unpaired) electrons. The standard InChI is InChI=1S/C41H51N7O7/c1-24(2)35(45-40(51)53-5)38(49)47-18-8-12-33(47)31-21-28(22-42-31)27-10-7-11-30(20-27)55-29-16-14-26(15-17-29)32-23-43-37(44-32)34-13-9-19-48(34)39(50)36(25(3)4)46-41(52)54-6/h7,10-11,14-17,20,22-25,33-36H,8-9,12-13,18-19,21H2,1-6H3,(H,43,44)(H,45,51)(H,46,52)/t33?,34-,35-,36-/m0/s1. The Bertz CT molecular complexity index is 1940. The molecule has 2 fully saturated rings. The largest absolute Gasteiger partial charge is 0.457 e. The molecule has 14 heteroatoms. The van der Waals surface area contributed by atoms with Gasteiger partial charge in [-0.1, -0.05) is 39.8 Å². The third-order valence-corrected chi connectivity index (χ3v) is 10.5. The van der Waals surface area contributed by atoms with E-state index >= 15 is 0 Å². The normalized spacial score (nSPS) is 19.2. The number of carbonyl (C=O) groups is 4. The fourth-order valence-corrected chi connectivity index (χ4v) is 7.53. The predicted octanol–water partition coefficient (Wildman–Crippen LogP) is 6.47. The van der Waals surface area contributed by atoms with E-state index < -0.39 is 24.3 Å². The van der Waals surface area contributed by atoms with Crippen LogP contribution in [0.1, 0.15) is 77.2 Å². The number of rotatable bonds is 12. The highest BCUT2D eigenvalue weighted by atomic mass is 16.5. The molecule has 14 nitrogen and oxygen atoms in total. The molecule has 6 rings (SSSR count). The summed E-state index contributed by atoms with van der Waals surface area (Å²) < 4.78 is 15.8. The van der Waals surface area contributed by atoms with Crippen molar-refractivity contribution in [2.45, 2.75) is 84.0 Å². The van der Waals surface area contributed by atoms with Gasteiger partial charge in [0.05, 0.1) is 38.2 Å². The molecule has 0 bridgehead atoms. The topological polar surface area (TPSA) is 168 Å². The van der Waals surface area contributed by atoms with Gasteiger partial charge in [0.2, 0.25) is 11.8 Å². The van der Waals surface area contributed by atoms with Gasteiger partial charge in [-0.3, -0.25) is 14.6 Å². The van der Waals surface area contributed by atoms with E-state index in [1.54, 1.807) is 11.1 Å². The van der Waals surface area contributed by atoms with Crippen LogP contribution in [-0.2, 0) is 19.1 Å². The number of aromatic nitrogens is 2. The summed E-state index contributed by atoms with van der Waals surface area (Å²) in [5.74, 6) is 1.58. The summed E-state index contributed by atoms with van der Waals surface area (Å²) in [6.07, 6.45) is 6.31. The van der Waals surface area contributed by atoms with Crippen molar-refractivity contribution in [1.82, 2.24) is 30.4 Å². The van der Waals surface area contributed by atoms with Crippen LogP contribution in [0.15, 0.2) is 65.9 Å². The van der Waals surface area contributed by atoms with Crippen molar-refractivity contribution < 1.29 is 33.4 Å². The molecule has 55 heavy (non-hydrogen) atoms. The van der Waals surface area contributed by atoms with E-state index in [4.69, 9.17) is 19.2 Å². The number of amides is 4.